The van der Waals surface area contributed by atoms with Gasteiger partial charge in [-0.2, -0.15) is 5.48 Å². The molecule has 0 amide bonds. The lowest BCUT2D eigenvalue weighted by Gasteiger charge is -2.01. The lowest BCUT2D eigenvalue weighted by Crippen LogP contribution is -2.12. The fourth-order valence-corrected chi connectivity index (χ4v) is 0.931. The van der Waals surface area contributed by atoms with Gasteiger partial charge >= 0.3 is 0 Å². The number of rotatable bonds is 4. The van der Waals surface area contributed by atoms with Crippen LogP contribution >= 0.6 is 15.9 Å². The topological polar surface area (TPSA) is 21.3 Å². The number of halogens is 1. The molecule has 0 bridgehead atoms. The molecule has 1 rings (SSSR count). The number of alkyl halides is 1. The highest BCUT2D eigenvalue weighted by atomic mass is 79.9. The number of hydrogen-bond donors (Lipinski definition) is 1. The second-order valence-corrected chi connectivity index (χ2v) is 2.52. The zero-order chi connectivity index (χ0) is 7.94. The van der Waals surface area contributed by atoms with Crippen molar-refractivity contribution in [3.63, 3.8) is 0 Å². The molecule has 0 unspecified atom stereocenters. The van der Waals surface area contributed by atoms with Crippen molar-refractivity contribution in [2.45, 2.75) is 6.54 Å². The van der Waals surface area contributed by atoms with Gasteiger partial charge in [0.05, 0.1) is 0 Å². The summed E-state index contributed by atoms with van der Waals surface area (Å²) in [7, 11) is 0. The standard InChI is InChI=1S/C8H10BrNO/c9-7-11-10-6-8-4-2-1-3-5-8/h1-5,10H,6-7H2. The maximum absolute atomic E-state index is 4.90. The molecule has 0 aliphatic carbocycles. The Hall–Kier alpha value is -0.380. The van der Waals surface area contributed by atoms with Crippen LogP contribution in [0.4, 0.5) is 0 Å². The molecule has 0 aliphatic rings. The highest BCUT2D eigenvalue weighted by Crippen LogP contribution is 1.96. The molecule has 0 saturated heterocycles. The molecule has 0 aliphatic heterocycles. The van der Waals surface area contributed by atoms with Crippen molar-refractivity contribution in [3.05, 3.63) is 35.9 Å². The second kappa shape index (κ2) is 5.29. The summed E-state index contributed by atoms with van der Waals surface area (Å²) < 4.78 is 0. The summed E-state index contributed by atoms with van der Waals surface area (Å²) in [5, 5.41) is 0. The van der Waals surface area contributed by atoms with Gasteiger partial charge in [-0.25, -0.2) is 0 Å². The minimum Gasteiger partial charge on any atom is -0.290 e. The van der Waals surface area contributed by atoms with E-state index in [1.165, 1.54) is 5.56 Å². The molecule has 1 aromatic carbocycles. The molecule has 0 atom stereocenters. The summed E-state index contributed by atoms with van der Waals surface area (Å²) >= 11 is 3.14. The van der Waals surface area contributed by atoms with Crippen LogP contribution in [-0.2, 0) is 11.4 Å². The van der Waals surface area contributed by atoms with Crippen molar-refractivity contribution in [2.75, 3.05) is 5.52 Å². The van der Waals surface area contributed by atoms with Gasteiger partial charge in [0.15, 0.2) is 0 Å². The van der Waals surface area contributed by atoms with Crippen molar-refractivity contribution >= 4 is 15.9 Å². The highest BCUT2D eigenvalue weighted by molar-refractivity contribution is 9.09. The average Bonchev–Trinajstić information content (AvgIpc) is 2.07. The Bertz CT molecular complexity index is 191. The Morgan fingerprint density at radius 1 is 1.27 bits per heavy atom. The lowest BCUT2D eigenvalue weighted by molar-refractivity contribution is 0.0766. The maximum Gasteiger partial charge on any atom is 0.123 e. The first-order valence-corrected chi connectivity index (χ1v) is 4.50. The van der Waals surface area contributed by atoms with Crippen LogP contribution < -0.4 is 5.48 Å². The number of nitrogens with one attached hydrogen (secondary N) is 1. The molecule has 0 heterocycles. The van der Waals surface area contributed by atoms with Crippen molar-refractivity contribution in [1.82, 2.24) is 5.48 Å². The van der Waals surface area contributed by atoms with Gasteiger partial charge in [-0.15, -0.1) is 0 Å². The third-order valence-corrected chi connectivity index (χ3v) is 1.50. The summed E-state index contributed by atoms with van der Waals surface area (Å²) in [6.07, 6.45) is 0. The maximum atomic E-state index is 4.90. The Morgan fingerprint density at radius 2 is 2.00 bits per heavy atom. The minimum absolute atomic E-state index is 0.514. The van der Waals surface area contributed by atoms with Crippen molar-refractivity contribution in [2.24, 2.45) is 0 Å². The van der Waals surface area contributed by atoms with Gasteiger partial charge in [0.25, 0.3) is 0 Å². The van der Waals surface area contributed by atoms with Gasteiger partial charge in [-0.1, -0.05) is 46.3 Å². The predicted molar refractivity (Wildman–Crippen MR) is 48.2 cm³/mol. The van der Waals surface area contributed by atoms with Gasteiger partial charge in [0, 0.05) is 6.54 Å². The van der Waals surface area contributed by atoms with Crippen LogP contribution in [0.1, 0.15) is 5.56 Å². The fraction of sp³-hybridized carbons (Fsp3) is 0.250. The number of hydrogen-bond acceptors (Lipinski definition) is 2. The summed E-state index contributed by atoms with van der Waals surface area (Å²) in [6.45, 7) is 0.742. The van der Waals surface area contributed by atoms with E-state index in [1.54, 1.807) is 0 Å². The van der Waals surface area contributed by atoms with E-state index in [9.17, 15) is 0 Å². The van der Waals surface area contributed by atoms with Crippen molar-refractivity contribution in [3.8, 4) is 0 Å². The Kier molecular flexibility index (Phi) is 4.19. The molecule has 3 heteroatoms. The van der Waals surface area contributed by atoms with Crippen LogP contribution in [0.5, 0.6) is 0 Å². The SMILES string of the molecule is BrCONCc1ccccc1. The zero-order valence-corrected chi connectivity index (χ0v) is 7.67. The van der Waals surface area contributed by atoms with E-state index in [4.69, 9.17) is 4.84 Å². The fourth-order valence-electron chi connectivity index (χ4n) is 0.769. The van der Waals surface area contributed by atoms with Gasteiger partial charge in [-0.05, 0) is 5.56 Å². The summed E-state index contributed by atoms with van der Waals surface area (Å²) in [5.74, 6) is 0. The molecule has 60 valence electrons. The van der Waals surface area contributed by atoms with E-state index in [0.717, 1.165) is 6.54 Å². The van der Waals surface area contributed by atoms with E-state index in [-0.39, 0.29) is 0 Å². The van der Waals surface area contributed by atoms with E-state index in [0.29, 0.717) is 5.52 Å². The molecule has 0 radical (unpaired) electrons. The average molecular weight is 216 g/mol. The first-order valence-electron chi connectivity index (χ1n) is 3.38. The van der Waals surface area contributed by atoms with Crippen molar-refractivity contribution in [1.29, 1.82) is 0 Å². The summed E-state index contributed by atoms with van der Waals surface area (Å²) in [5.41, 5.74) is 4.53. The predicted octanol–water partition coefficient (Wildman–Crippen LogP) is 2.06. The molecule has 0 aromatic heterocycles. The van der Waals surface area contributed by atoms with E-state index < -0.39 is 0 Å². The largest absolute Gasteiger partial charge is 0.290 e. The minimum atomic E-state index is 0.514. The van der Waals surface area contributed by atoms with E-state index in [2.05, 4.69) is 21.4 Å². The number of benzene rings is 1. The quantitative estimate of drug-likeness (QED) is 0.472. The van der Waals surface area contributed by atoms with Gasteiger partial charge in [0.1, 0.15) is 5.52 Å². The molecule has 0 fully saturated rings. The normalized spacial score (nSPS) is 9.91. The van der Waals surface area contributed by atoms with Gasteiger partial charge in [0.2, 0.25) is 0 Å². The van der Waals surface area contributed by atoms with Crippen LogP contribution in [0.2, 0.25) is 0 Å². The Morgan fingerprint density at radius 3 is 2.64 bits per heavy atom. The van der Waals surface area contributed by atoms with E-state index in [1.807, 2.05) is 30.3 Å². The monoisotopic (exact) mass is 215 g/mol. The van der Waals surface area contributed by atoms with Crippen LogP contribution in [0.3, 0.4) is 0 Å². The highest BCUT2D eigenvalue weighted by Gasteiger charge is 1.87. The molecule has 1 aromatic rings. The summed E-state index contributed by atoms with van der Waals surface area (Å²) in [4.78, 5) is 4.90. The third kappa shape index (κ3) is 3.51. The molecule has 1 N–H and O–H groups in total. The van der Waals surface area contributed by atoms with Gasteiger partial charge in [-0.3, -0.25) is 4.84 Å². The lowest BCUT2D eigenvalue weighted by atomic mass is 10.2. The smallest absolute Gasteiger partial charge is 0.123 e. The van der Waals surface area contributed by atoms with E-state index >= 15 is 0 Å². The second-order valence-electron chi connectivity index (χ2n) is 2.06. The van der Waals surface area contributed by atoms with Crippen LogP contribution in [-0.4, -0.2) is 5.52 Å². The number of hydroxylamine groups is 1. The molecule has 0 saturated carbocycles. The summed E-state index contributed by atoms with van der Waals surface area (Å²) in [6, 6.07) is 10.1. The molecule has 11 heavy (non-hydrogen) atoms. The third-order valence-electron chi connectivity index (χ3n) is 1.28. The Balaban J connectivity index is 2.28. The van der Waals surface area contributed by atoms with Crippen LogP contribution in [0, 0.1) is 0 Å². The first kappa shape index (κ1) is 8.71. The Labute approximate surface area is 74.6 Å². The first-order chi connectivity index (χ1) is 5.43. The van der Waals surface area contributed by atoms with Crippen LogP contribution in [0.15, 0.2) is 30.3 Å². The molecule has 2 nitrogen and oxygen atoms in total. The van der Waals surface area contributed by atoms with Crippen molar-refractivity contribution < 1.29 is 4.84 Å². The zero-order valence-electron chi connectivity index (χ0n) is 6.09. The molecular weight excluding hydrogens is 206 g/mol. The molecule has 0 spiro atoms. The molecular formula is C8H10BrNO. The van der Waals surface area contributed by atoms with Gasteiger partial charge < -0.3 is 0 Å². The van der Waals surface area contributed by atoms with Crippen LogP contribution in [0.25, 0.3) is 0 Å².